The zero-order chi connectivity index (χ0) is 34.4. The maximum atomic E-state index is 12.9. The van der Waals surface area contributed by atoms with E-state index in [2.05, 4.69) is 36.0 Å². The zero-order valence-corrected chi connectivity index (χ0v) is 28.9. The molecule has 0 radical (unpaired) electrons. The van der Waals surface area contributed by atoms with E-state index >= 15 is 0 Å². The van der Waals surface area contributed by atoms with Gasteiger partial charge in [-0.25, -0.2) is 0 Å². The van der Waals surface area contributed by atoms with Crippen molar-refractivity contribution in [2.45, 2.75) is 77.2 Å². The van der Waals surface area contributed by atoms with Gasteiger partial charge in [-0.05, 0) is 54.7 Å². The van der Waals surface area contributed by atoms with Crippen molar-refractivity contribution < 1.29 is 39.8 Å². The highest BCUT2D eigenvalue weighted by Crippen LogP contribution is 2.45. The molecule has 5 rings (SSSR count). The number of aromatic hydroxyl groups is 2. The number of phenols is 2. The number of carbonyl (C=O) groups excluding carboxylic acids is 1. The fraction of sp³-hybridized carbons (Fsp3) is 0.543. The molecule has 2 aromatic rings. The van der Waals surface area contributed by atoms with Crippen LogP contribution in [0.5, 0.6) is 23.0 Å². The first-order chi connectivity index (χ1) is 23.0. The summed E-state index contributed by atoms with van der Waals surface area (Å²) in [5, 5.41) is 56.8. The molecular weight excluding hydrogens is 655 g/mol. The van der Waals surface area contributed by atoms with Crippen molar-refractivity contribution in [3.05, 3.63) is 46.0 Å². The second-order valence-electron chi connectivity index (χ2n) is 12.9. The summed E-state index contributed by atoms with van der Waals surface area (Å²) in [5.41, 5.74) is 9.29. The third kappa shape index (κ3) is 8.65. The van der Waals surface area contributed by atoms with Crippen molar-refractivity contribution in [3.63, 3.8) is 0 Å². The van der Waals surface area contributed by atoms with Crippen LogP contribution in [0.15, 0.2) is 23.2 Å². The number of benzene rings is 2. The van der Waals surface area contributed by atoms with E-state index in [-0.39, 0.29) is 65.9 Å². The minimum atomic E-state index is -1.20. The second-order valence-corrected chi connectivity index (χ2v) is 15.5. The molecule has 13 heteroatoms. The Hall–Kier alpha value is -3.28. The summed E-state index contributed by atoms with van der Waals surface area (Å²) in [5.74, 6) is 7.77. The van der Waals surface area contributed by atoms with E-state index < -0.39 is 19.2 Å². The van der Waals surface area contributed by atoms with E-state index in [4.69, 9.17) is 15.2 Å². The average molecular weight is 700 g/mol. The van der Waals surface area contributed by atoms with Gasteiger partial charge in [-0.2, -0.15) is 0 Å². The van der Waals surface area contributed by atoms with E-state index in [1.807, 2.05) is 6.07 Å². The van der Waals surface area contributed by atoms with Gasteiger partial charge in [0, 0.05) is 60.4 Å². The molecule has 2 bridgehead atoms. The average Bonchev–Trinajstić information content (AvgIpc) is 3.05. The van der Waals surface area contributed by atoms with Crippen molar-refractivity contribution in [2.24, 2.45) is 28.5 Å². The van der Waals surface area contributed by atoms with Crippen LogP contribution in [0.1, 0.15) is 60.9 Å². The first kappa shape index (κ1) is 36.0. The molecule has 0 amide bonds. The number of fused-ring (bicyclic) bond motifs is 5. The van der Waals surface area contributed by atoms with Crippen LogP contribution in [0.3, 0.4) is 0 Å². The summed E-state index contributed by atoms with van der Waals surface area (Å²) >= 11 is 0. The molecule has 0 unspecified atom stereocenters. The molecule has 3 aliphatic rings. The molecule has 2 heterocycles. The maximum Gasteiger partial charge on any atom is 0.201 e. The van der Waals surface area contributed by atoms with Gasteiger partial charge in [-0.15, -0.1) is 0 Å². The number of ketones is 1. The number of nitrogens with zero attached hydrogens (tertiary/aromatic N) is 1. The maximum absolute atomic E-state index is 12.9. The highest BCUT2D eigenvalue weighted by atomic mass is 33.1. The standard InChI is InChI=1S/C35H45N3O8S2/c1-19(2)29-17-48-47-16-23(15-37-35(36)38-29)28-14-27-21-7-10-25(41)13-24(40)9-6-20-8-11-30(42)32(45-18-39)26(20)5-3-4-22(12-21)31(43)33(27)46-34(28)44/h8,11-12,19,23,25,28-29,34,39,41-44H,4,6-7,9-10,13-18H2,1-2H3,(H3,36,37,38)/t23-,25-,28+,29+,34-/m1/s1. The van der Waals surface area contributed by atoms with E-state index in [0.717, 1.165) is 22.6 Å². The number of rotatable bonds is 4. The molecular formula is C35H45N3O8S2. The number of phenolic OH excluding ortho intramolecular Hbond substituents is 2. The van der Waals surface area contributed by atoms with Crippen molar-refractivity contribution >= 4 is 33.3 Å². The zero-order valence-electron chi connectivity index (χ0n) is 27.3. The van der Waals surface area contributed by atoms with Crippen molar-refractivity contribution in [3.8, 4) is 34.8 Å². The predicted molar refractivity (Wildman–Crippen MR) is 187 cm³/mol. The van der Waals surface area contributed by atoms with E-state index in [1.54, 1.807) is 27.7 Å². The number of aliphatic imine (C=N–C) groups is 1. The Bertz CT molecular complexity index is 1570. The Morgan fingerprint density at radius 1 is 1.10 bits per heavy atom. The smallest absolute Gasteiger partial charge is 0.201 e. The van der Waals surface area contributed by atoms with Crippen molar-refractivity contribution in [1.82, 2.24) is 5.32 Å². The topological polar surface area (TPSA) is 187 Å². The number of hydrogen-bond acceptors (Lipinski definition) is 13. The lowest BCUT2D eigenvalue weighted by Gasteiger charge is -2.37. The lowest BCUT2D eigenvalue weighted by Crippen LogP contribution is -2.45. The van der Waals surface area contributed by atoms with Gasteiger partial charge in [-0.1, -0.05) is 59.4 Å². The number of hydrogen-bond donors (Lipinski definition) is 7. The molecule has 260 valence electrons. The molecule has 0 saturated carbocycles. The van der Waals surface area contributed by atoms with Gasteiger partial charge in [0.2, 0.25) is 6.29 Å². The fourth-order valence-corrected chi connectivity index (χ4v) is 9.21. The molecule has 8 N–H and O–H groups in total. The SMILES string of the molecule is CC(C)[C@@H]1CSSC[C@H]([C@@H]2Cc3c4cc(c(O)c3O[C@H]2O)CC#Cc2c(ccc(O)c2OCO)CCC(=O)C[C@H](O)CC4)CN=C(N)N1. The largest absolute Gasteiger partial charge is 0.504 e. The van der Waals surface area contributed by atoms with Crippen LogP contribution in [-0.2, 0) is 30.5 Å². The number of nitrogens with one attached hydrogen (secondary N) is 1. The van der Waals surface area contributed by atoms with Crippen LogP contribution in [0.4, 0.5) is 0 Å². The molecule has 0 aromatic heterocycles. The summed E-state index contributed by atoms with van der Waals surface area (Å²) in [4.78, 5) is 17.5. The quantitative estimate of drug-likeness (QED) is 0.141. The van der Waals surface area contributed by atoms with Gasteiger partial charge in [0.15, 0.2) is 35.8 Å². The molecule has 0 fully saturated rings. The Kier molecular flexibility index (Phi) is 12.3. The summed E-state index contributed by atoms with van der Waals surface area (Å²) in [7, 11) is 3.50. The number of Topliss-reactive ketones (excluding diaryl/α,β-unsaturated/α-hetero) is 1. The lowest BCUT2D eigenvalue weighted by atomic mass is 9.81. The molecule has 11 nitrogen and oxygen atoms in total. The summed E-state index contributed by atoms with van der Waals surface area (Å²) in [6, 6.07) is 5.13. The molecule has 1 aliphatic carbocycles. The minimum Gasteiger partial charge on any atom is -0.504 e. The Morgan fingerprint density at radius 3 is 2.67 bits per heavy atom. The van der Waals surface area contributed by atoms with Gasteiger partial charge >= 0.3 is 0 Å². The number of guanidine groups is 1. The molecule has 0 saturated heterocycles. The van der Waals surface area contributed by atoms with Gasteiger partial charge in [0.25, 0.3) is 0 Å². The van der Waals surface area contributed by atoms with Crippen LogP contribution in [0, 0.1) is 29.6 Å². The van der Waals surface area contributed by atoms with E-state index in [0.29, 0.717) is 60.8 Å². The van der Waals surface area contributed by atoms with Gasteiger partial charge in [0.05, 0.1) is 11.7 Å². The minimum absolute atomic E-state index is 0.00543. The number of aryl methyl sites for hydroxylation is 2. The first-order valence-electron chi connectivity index (χ1n) is 16.3. The number of nitrogens with two attached hydrogens (primary N) is 1. The predicted octanol–water partition coefficient (Wildman–Crippen LogP) is 3.03. The highest BCUT2D eigenvalue weighted by Gasteiger charge is 2.38. The number of ether oxygens (including phenoxy) is 2. The van der Waals surface area contributed by atoms with E-state index in [9.17, 15) is 30.3 Å². The van der Waals surface area contributed by atoms with Gasteiger partial charge in [0.1, 0.15) is 5.78 Å². The second kappa shape index (κ2) is 16.4. The Balaban J connectivity index is 1.49. The van der Waals surface area contributed by atoms with Crippen LogP contribution in [0.2, 0.25) is 0 Å². The third-order valence-corrected chi connectivity index (χ3v) is 11.8. The summed E-state index contributed by atoms with van der Waals surface area (Å²) in [6.45, 7) is 4.00. The number of carbonyl (C=O) groups is 1. The van der Waals surface area contributed by atoms with Crippen molar-refractivity contribution in [2.75, 3.05) is 24.8 Å². The first-order valence-corrected chi connectivity index (χ1v) is 18.8. The van der Waals surface area contributed by atoms with Crippen LogP contribution in [-0.4, -0.2) is 80.6 Å². The fourth-order valence-electron chi connectivity index (χ4n) is 6.33. The molecule has 5 atom stereocenters. The highest BCUT2D eigenvalue weighted by molar-refractivity contribution is 8.76. The van der Waals surface area contributed by atoms with E-state index in [1.165, 1.54) is 6.07 Å². The molecule has 0 spiro atoms. The monoisotopic (exact) mass is 699 g/mol. The normalized spacial score (nSPS) is 25.4. The summed E-state index contributed by atoms with van der Waals surface area (Å²) < 4.78 is 11.4. The van der Waals surface area contributed by atoms with Gasteiger partial charge in [-0.3, -0.25) is 9.79 Å². The number of aliphatic hydroxyl groups is 3. The lowest BCUT2D eigenvalue weighted by molar-refractivity contribution is -0.121. The van der Waals surface area contributed by atoms with Crippen LogP contribution < -0.4 is 20.5 Å². The third-order valence-electron chi connectivity index (χ3n) is 9.23. The van der Waals surface area contributed by atoms with Crippen molar-refractivity contribution in [1.29, 1.82) is 0 Å². The molecule has 48 heavy (non-hydrogen) atoms. The van der Waals surface area contributed by atoms with Crippen LogP contribution in [0.25, 0.3) is 0 Å². The number of aliphatic hydroxyl groups excluding tert-OH is 3. The Labute approximate surface area is 289 Å². The molecule has 2 aliphatic heterocycles. The summed E-state index contributed by atoms with van der Waals surface area (Å²) in [6.07, 6.45) is -0.379. The Morgan fingerprint density at radius 2 is 1.90 bits per heavy atom. The molecule has 2 aromatic carbocycles. The van der Waals surface area contributed by atoms with Gasteiger partial charge < -0.3 is 46.1 Å². The van der Waals surface area contributed by atoms with Crippen LogP contribution >= 0.6 is 21.6 Å².